The van der Waals surface area contributed by atoms with Gasteiger partial charge in [0.2, 0.25) is 5.91 Å². The number of carbonyl (C=O) groups excluding carboxylic acids is 1. The molecule has 3 rings (SSSR count). The highest BCUT2D eigenvalue weighted by molar-refractivity contribution is 14.0. The average molecular weight is 578 g/mol. The van der Waals surface area contributed by atoms with E-state index in [0.717, 1.165) is 58.3 Å². The van der Waals surface area contributed by atoms with Gasteiger partial charge in [-0.05, 0) is 30.7 Å². The molecule has 0 bridgehead atoms. The second-order valence-corrected chi connectivity index (χ2v) is 10.0. The van der Waals surface area contributed by atoms with Crippen LogP contribution in [-0.2, 0) is 16.0 Å². The van der Waals surface area contributed by atoms with Gasteiger partial charge in [-0.25, -0.2) is 4.99 Å². The smallest absolute Gasteiger partial charge is 0.243 e. The van der Waals surface area contributed by atoms with Crippen molar-refractivity contribution >= 4 is 47.2 Å². The van der Waals surface area contributed by atoms with Gasteiger partial charge < -0.3 is 20.3 Å². The Bertz CT molecular complexity index is 687. The van der Waals surface area contributed by atoms with E-state index in [9.17, 15) is 4.79 Å². The van der Waals surface area contributed by atoms with E-state index in [1.807, 2.05) is 0 Å². The number of rotatable bonds is 9. The molecule has 1 saturated heterocycles. The number of guanidine groups is 1. The van der Waals surface area contributed by atoms with Crippen molar-refractivity contribution in [1.82, 2.24) is 20.4 Å². The monoisotopic (exact) mass is 577 g/mol. The molecule has 1 saturated carbocycles. The van der Waals surface area contributed by atoms with Crippen LogP contribution in [0.25, 0.3) is 0 Å². The molecular weight excluding hydrogens is 537 g/mol. The number of ether oxygens (including phenoxy) is 1. The maximum atomic E-state index is 12.1. The Hall–Kier alpha value is -0.910. The molecule has 2 aliphatic rings. The third kappa shape index (κ3) is 9.15. The van der Waals surface area contributed by atoms with Gasteiger partial charge in [-0.2, -0.15) is 0 Å². The van der Waals surface area contributed by atoms with E-state index in [1.54, 1.807) is 30.3 Å². The lowest BCUT2D eigenvalue weighted by molar-refractivity contribution is -0.127. The van der Waals surface area contributed by atoms with Crippen LogP contribution in [0.15, 0.2) is 22.5 Å². The Morgan fingerprint density at radius 3 is 2.62 bits per heavy atom. The summed E-state index contributed by atoms with van der Waals surface area (Å²) in [5, 5.41) is 9.17. The molecular formula is C23H40IN5O2S. The minimum Gasteiger partial charge on any atom is -0.379 e. The molecule has 1 aromatic rings. The first-order valence-electron chi connectivity index (χ1n) is 11.6. The van der Waals surface area contributed by atoms with Gasteiger partial charge in [-0.1, -0.05) is 25.3 Å². The standard InChI is InChI=1S/C23H39N5O2S.HI/c1-27(2)21(29)17-25-22(24-11-8-20-7-6-16-31-20)26-18-23(9-4-3-5-10-23)19-28-12-14-30-15-13-28;/h6-7,16H,3-5,8-15,17-19H2,1-2H3,(H2,24,25,26);1H. The van der Waals surface area contributed by atoms with Crippen molar-refractivity contribution in [2.45, 2.75) is 38.5 Å². The number of hydrogen-bond donors (Lipinski definition) is 2. The second-order valence-electron chi connectivity index (χ2n) is 9.01. The van der Waals surface area contributed by atoms with Crippen LogP contribution in [0.2, 0.25) is 0 Å². The molecule has 2 fully saturated rings. The highest BCUT2D eigenvalue weighted by Crippen LogP contribution is 2.36. The number of nitrogens with one attached hydrogen (secondary N) is 2. The Labute approximate surface area is 214 Å². The van der Waals surface area contributed by atoms with E-state index in [-0.39, 0.29) is 41.8 Å². The Kier molecular flexibility index (Phi) is 12.3. The molecule has 1 aliphatic carbocycles. The summed E-state index contributed by atoms with van der Waals surface area (Å²) in [6.45, 7) is 6.71. The highest BCUT2D eigenvalue weighted by atomic mass is 127. The SMILES string of the molecule is CN(C)C(=O)CN=C(NCCc1cccs1)NCC1(CN2CCOCC2)CCCCC1.I. The largest absolute Gasteiger partial charge is 0.379 e. The minimum atomic E-state index is 0. The van der Waals surface area contributed by atoms with E-state index < -0.39 is 0 Å². The lowest BCUT2D eigenvalue weighted by Crippen LogP contribution is -2.51. The molecule has 1 aromatic heterocycles. The van der Waals surface area contributed by atoms with Crippen molar-refractivity contribution in [1.29, 1.82) is 0 Å². The van der Waals surface area contributed by atoms with Gasteiger partial charge in [0.15, 0.2) is 5.96 Å². The van der Waals surface area contributed by atoms with Crippen LogP contribution in [0.3, 0.4) is 0 Å². The third-order valence-corrected chi connectivity index (χ3v) is 7.26. The average Bonchev–Trinajstić information content (AvgIpc) is 3.30. The Balaban J connectivity index is 0.00000363. The molecule has 1 aliphatic heterocycles. The maximum Gasteiger partial charge on any atom is 0.243 e. The molecule has 0 aromatic carbocycles. The van der Waals surface area contributed by atoms with Gasteiger partial charge in [-0.15, -0.1) is 35.3 Å². The van der Waals surface area contributed by atoms with Gasteiger partial charge in [-0.3, -0.25) is 9.69 Å². The minimum absolute atomic E-state index is 0. The van der Waals surface area contributed by atoms with Crippen molar-refractivity contribution in [2.75, 3.05) is 66.6 Å². The van der Waals surface area contributed by atoms with Crippen LogP contribution in [0.5, 0.6) is 0 Å². The fourth-order valence-corrected chi connectivity index (χ4v) is 5.13. The molecule has 2 N–H and O–H groups in total. The zero-order valence-electron chi connectivity index (χ0n) is 19.6. The van der Waals surface area contributed by atoms with Gasteiger partial charge >= 0.3 is 0 Å². The highest BCUT2D eigenvalue weighted by Gasteiger charge is 2.34. The van der Waals surface area contributed by atoms with Crippen LogP contribution in [0.1, 0.15) is 37.0 Å². The molecule has 32 heavy (non-hydrogen) atoms. The number of thiophene rings is 1. The fraction of sp³-hybridized carbons (Fsp3) is 0.739. The summed E-state index contributed by atoms with van der Waals surface area (Å²) in [5.74, 6) is 0.763. The lowest BCUT2D eigenvalue weighted by atomic mass is 9.73. The Morgan fingerprint density at radius 1 is 1.22 bits per heavy atom. The number of morpholine rings is 1. The van der Waals surface area contributed by atoms with E-state index in [2.05, 4.69) is 38.0 Å². The zero-order chi connectivity index (χ0) is 21.9. The molecule has 1 amide bonds. The first kappa shape index (κ1) is 27.3. The van der Waals surface area contributed by atoms with Crippen LogP contribution < -0.4 is 10.6 Å². The maximum absolute atomic E-state index is 12.1. The summed E-state index contributed by atoms with van der Waals surface area (Å²) < 4.78 is 5.55. The van der Waals surface area contributed by atoms with Crippen LogP contribution >= 0.6 is 35.3 Å². The number of hydrogen-bond acceptors (Lipinski definition) is 5. The molecule has 0 atom stereocenters. The Morgan fingerprint density at radius 2 is 1.97 bits per heavy atom. The van der Waals surface area contributed by atoms with E-state index in [0.29, 0.717) is 0 Å². The third-order valence-electron chi connectivity index (χ3n) is 6.32. The number of amides is 1. The summed E-state index contributed by atoms with van der Waals surface area (Å²) in [6, 6.07) is 4.24. The summed E-state index contributed by atoms with van der Waals surface area (Å²) in [6.07, 6.45) is 7.38. The molecule has 9 heteroatoms. The number of nitrogens with zero attached hydrogens (tertiary/aromatic N) is 3. The summed E-state index contributed by atoms with van der Waals surface area (Å²) in [7, 11) is 3.54. The molecule has 2 heterocycles. The summed E-state index contributed by atoms with van der Waals surface area (Å²) in [4.78, 5) is 22.2. The normalized spacial score (nSPS) is 19.1. The fourth-order valence-electron chi connectivity index (χ4n) is 4.42. The number of aliphatic imine (C=N–C) groups is 1. The van der Waals surface area contributed by atoms with Crippen molar-refractivity contribution in [3.05, 3.63) is 22.4 Å². The predicted octanol–water partition coefficient (Wildman–Crippen LogP) is 2.81. The second kappa shape index (κ2) is 14.4. The van der Waals surface area contributed by atoms with E-state index in [4.69, 9.17) is 4.74 Å². The lowest BCUT2D eigenvalue weighted by Gasteiger charge is -2.42. The van der Waals surface area contributed by atoms with Crippen molar-refractivity contribution in [3.63, 3.8) is 0 Å². The number of likely N-dealkylation sites (N-methyl/N-ethyl adjacent to an activating group) is 1. The summed E-state index contributed by atoms with van der Waals surface area (Å²) >= 11 is 1.77. The number of carbonyl (C=O) groups is 1. The van der Waals surface area contributed by atoms with Crippen LogP contribution in [0.4, 0.5) is 0 Å². The molecule has 0 radical (unpaired) electrons. The molecule has 0 unspecified atom stereocenters. The van der Waals surface area contributed by atoms with Crippen molar-refractivity contribution in [3.8, 4) is 0 Å². The van der Waals surface area contributed by atoms with Crippen LogP contribution in [-0.4, -0.2) is 88.2 Å². The zero-order valence-corrected chi connectivity index (χ0v) is 22.8. The quantitative estimate of drug-likeness (QED) is 0.269. The summed E-state index contributed by atoms with van der Waals surface area (Å²) in [5.41, 5.74) is 0.261. The predicted molar refractivity (Wildman–Crippen MR) is 143 cm³/mol. The number of halogens is 1. The molecule has 182 valence electrons. The van der Waals surface area contributed by atoms with Crippen molar-refractivity contribution in [2.24, 2.45) is 10.4 Å². The first-order chi connectivity index (χ1) is 15.1. The molecule has 0 spiro atoms. The van der Waals surface area contributed by atoms with Gasteiger partial charge in [0.05, 0.1) is 13.2 Å². The first-order valence-corrected chi connectivity index (χ1v) is 12.5. The van der Waals surface area contributed by atoms with E-state index >= 15 is 0 Å². The van der Waals surface area contributed by atoms with Gasteiger partial charge in [0.1, 0.15) is 6.54 Å². The topological polar surface area (TPSA) is 69.2 Å². The van der Waals surface area contributed by atoms with Gasteiger partial charge in [0.25, 0.3) is 0 Å². The van der Waals surface area contributed by atoms with Crippen LogP contribution in [0, 0.1) is 5.41 Å². The van der Waals surface area contributed by atoms with Crippen molar-refractivity contribution < 1.29 is 9.53 Å². The molecule has 7 nitrogen and oxygen atoms in total. The van der Waals surface area contributed by atoms with Gasteiger partial charge in [0, 0.05) is 57.1 Å². The van der Waals surface area contributed by atoms with E-state index in [1.165, 1.54) is 37.0 Å².